The van der Waals surface area contributed by atoms with E-state index in [2.05, 4.69) is 25.7 Å². The van der Waals surface area contributed by atoms with E-state index >= 15 is 0 Å². The Morgan fingerprint density at radius 1 is 1.35 bits per heavy atom. The van der Waals surface area contributed by atoms with E-state index in [1.165, 1.54) is 0 Å². The van der Waals surface area contributed by atoms with Gasteiger partial charge >= 0.3 is 0 Å². The molecule has 0 unspecified atom stereocenters. The molecule has 0 amide bonds. The maximum atomic E-state index is 8.78. The number of nitrogens with one attached hydrogen (secondary N) is 2. The fourth-order valence-corrected chi connectivity index (χ4v) is 1.57. The van der Waals surface area contributed by atoms with Gasteiger partial charge in [0.1, 0.15) is 5.82 Å². The van der Waals surface area contributed by atoms with E-state index < -0.39 is 0 Å². The zero-order valence-electron chi connectivity index (χ0n) is 9.93. The van der Waals surface area contributed by atoms with E-state index in [9.17, 15) is 0 Å². The summed E-state index contributed by atoms with van der Waals surface area (Å²) in [5.41, 5.74) is 0.761. The van der Waals surface area contributed by atoms with Crippen LogP contribution in [0.15, 0.2) is 6.20 Å². The molecule has 0 aliphatic rings. The smallest absolute Gasteiger partial charge is 0.226 e. The van der Waals surface area contributed by atoms with Gasteiger partial charge in [0.15, 0.2) is 5.65 Å². The quantitative estimate of drug-likeness (QED) is 0.687. The second-order valence-corrected chi connectivity index (χ2v) is 3.58. The molecule has 0 aliphatic heterocycles. The second-order valence-electron chi connectivity index (χ2n) is 3.58. The van der Waals surface area contributed by atoms with Gasteiger partial charge < -0.3 is 15.7 Å². The largest absolute Gasteiger partial charge is 0.395 e. The number of aliphatic hydroxyl groups is 1. The fourth-order valence-electron chi connectivity index (χ4n) is 1.57. The third-order valence-electron chi connectivity index (χ3n) is 2.33. The summed E-state index contributed by atoms with van der Waals surface area (Å²) in [4.78, 5) is 8.69. The SMILES string of the molecule is CCNc1nc(NCCO)nc2c1cnn2C. The molecule has 7 nitrogen and oxygen atoms in total. The lowest BCUT2D eigenvalue weighted by Crippen LogP contribution is -2.11. The van der Waals surface area contributed by atoms with Crippen molar-refractivity contribution < 1.29 is 5.11 Å². The minimum Gasteiger partial charge on any atom is -0.395 e. The number of fused-ring (bicyclic) bond motifs is 1. The maximum absolute atomic E-state index is 8.78. The van der Waals surface area contributed by atoms with Crippen LogP contribution in [0.1, 0.15) is 6.92 Å². The van der Waals surface area contributed by atoms with Gasteiger partial charge in [0.2, 0.25) is 5.95 Å². The molecule has 2 heterocycles. The fraction of sp³-hybridized carbons (Fsp3) is 0.500. The molecular formula is C10H16N6O. The number of anilines is 2. The van der Waals surface area contributed by atoms with Crippen LogP contribution >= 0.6 is 0 Å². The van der Waals surface area contributed by atoms with E-state index in [-0.39, 0.29) is 6.61 Å². The van der Waals surface area contributed by atoms with Gasteiger partial charge in [-0.25, -0.2) is 0 Å². The van der Waals surface area contributed by atoms with Gasteiger partial charge in [0.05, 0.1) is 18.2 Å². The van der Waals surface area contributed by atoms with Gasteiger partial charge in [-0.2, -0.15) is 15.1 Å². The summed E-state index contributed by atoms with van der Waals surface area (Å²) in [6, 6.07) is 0. The van der Waals surface area contributed by atoms with Crippen LogP contribution in [0.2, 0.25) is 0 Å². The summed E-state index contributed by atoms with van der Waals surface area (Å²) in [5.74, 6) is 1.25. The van der Waals surface area contributed by atoms with Crippen molar-refractivity contribution in [2.45, 2.75) is 6.92 Å². The van der Waals surface area contributed by atoms with Crippen molar-refractivity contribution in [2.24, 2.45) is 7.05 Å². The summed E-state index contributed by atoms with van der Waals surface area (Å²) < 4.78 is 1.70. The first kappa shape index (κ1) is 11.6. The van der Waals surface area contributed by atoms with Crippen LogP contribution < -0.4 is 10.6 Å². The van der Waals surface area contributed by atoms with Gasteiger partial charge in [0, 0.05) is 20.1 Å². The molecule has 2 aromatic rings. The predicted molar refractivity (Wildman–Crippen MR) is 66.0 cm³/mol. The highest BCUT2D eigenvalue weighted by atomic mass is 16.3. The maximum Gasteiger partial charge on any atom is 0.226 e. The lowest BCUT2D eigenvalue weighted by molar-refractivity contribution is 0.311. The predicted octanol–water partition coefficient (Wildman–Crippen LogP) is 0.199. The normalized spacial score (nSPS) is 10.8. The third kappa shape index (κ3) is 2.28. The van der Waals surface area contributed by atoms with Crippen LogP contribution in [-0.2, 0) is 7.05 Å². The highest BCUT2D eigenvalue weighted by Gasteiger charge is 2.10. The molecule has 0 spiro atoms. The average molecular weight is 236 g/mol. The highest BCUT2D eigenvalue weighted by molar-refractivity contribution is 5.87. The molecule has 0 saturated carbocycles. The summed E-state index contributed by atoms with van der Waals surface area (Å²) in [5, 5.41) is 19.9. The Bertz CT molecular complexity index is 509. The monoisotopic (exact) mass is 236 g/mol. The van der Waals surface area contributed by atoms with Gasteiger partial charge in [-0.15, -0.1) is 0 Å². The molecule has 2 aromatic heterocycles. The number of aryl methyl sites for hydroxylation is 1. The van der Waals surface area contributed by atoms with Crippen LogP contribution in [0, 0.1) is 0 Å². The minimum atomic E-state index is 0.0450. The van der Waals surface area contributed by atoms with Crippen molar-refractivity contribution in [2.75, 3.05) is 30.3 Å². The zero-order valence-corrected chi connectivity index (χ0v) is 9.93. The Kier molecular flexibility index (Phi) is 3.38. The molecule has 0 bridgehead atoms. The Hall–Kier alpha value is -1.89. The molecule has 17 heavy (non-hydrogen) atoms. The Morgan fingerprint density at radius 3 is 2.88 bits per heavy atom. The first-order valence-electron chi connectivity index (χ1n) is 5.54. The summed E-state index contributed by atoms with van der Waals surface area (Å²) in [6.07, 6.45) is 1.74. The lowest BCUT2D eigenvalue weighted by atomic mass is 10.4. The highest BCUT2D eigenvalue weighted by Crippen LogP contribution is 2.20. The molecular weight excluding hydrogens is 220 g/mol. The lowest BCUT2D eigenvalue weighted by Gasteiger charge is -2.08. The molecule has 0 aliphatic carbocycles. The Balaban J connectivity index is 2.44. The summed E-state index contributed by atoms with van der Waals surface area (Å²) in [7, 11) is 1.83. The number of aromatic nitrogens is 4. The minimum absolute atomic E-state index is 0.0450. The number of hydrogen-bond donors (Lipinski definition) is 3. The molecule has 0 aromatic carbocycles. The van der Waals surface area contributed by atoms with Crippen molar-refractivity contribution >= 4 is 22.8 Å². The Morgan fingerprint density at radius 2 is 2.18 bits per heavy atom. The van der Waals surface area contributed by atoms with Crippen LogP contribution in [0.25, 0.3) is 11.0 Å². The standard InChI is InChI=1S/C10H16N6O/c1-3-11-8-7-6-13-16(2)9(7)15-10(14-8)12-4-5-17/h6,17H,3-5H2,1-2H3,(H2,11,12,14,15). The topological polar surface area (TPSA) is 87.9 Å². The molecule has 92 valence electrons. The number of rotatable bonds is 5. The van der Waals surface area contributed by atoms with E-state index in [0.717, 1.165) is 23.4 Å². The van der Waals surface area contributed by atoms with E-state index in [1.54, 1.807) is 10.9 Å². The molecule has 0 atom stereocenters. The molecule has 3 N–H and O–H groups in total. The van der Waals surface area contributed by atoms with Crippen molar-refractivity contribution in [1.82, 2.24) is 19.7 Å². The van der Waals surface area contributed by atoms with Gasteiger partial charge in [-0.1, -0.05) is 0 Å². The zero-order chi connectivity index (χ0) is 12.3. The van der Waals surface area contributed by atoms with Crippen LogP contribution in [-0.4, -0.2) is 44.6 Å². The first-order chi connectivity index (χ1) is 8.26. The van der Waals surface area contributed by atoms with Crippen molar-refractivity contribution in [1.29, 1.82) is 0 Å². The van der Waals surface area contributed by atoms with Crippen LogP contribution in [0.5, 0.6) is 0 Å². The summed E-state index contributed by atoms with van der Waals surface area (Å²) in [6.45, 7) is 3.25. The second kappa shape index (κ2) is 4.96. The molecule has 0 fully saturated rings. The van der Waals surface area contributed by atoms with Crippen molar-refractivity contribution in [3.63, 3.8) is 0 Å². The van der Waals surface area contributed by atoms with Gasteiger partial charge in [-0.3, -0.25) is 4.68 Å². The summed E-state index contributed by atoms with van der Waals surface area (Å²) >= 11 is 0. The van der Waals surface area contributed by atoms with Crippen LogP contribution in [0.3, 0.4) is 0 Å². The van der Waals surface area contributed by atoms with Gasteiger partial charge in [0.25, 0.3) is 0 Å². The van der Waals surface area contributed by atoms with E-state index in [0.29, 0.717) is 12.5 Å². The first-order valence-corrected chi connectivity index (χ1v) is 5.54. The number of aliphatic hydroxyl groups excluding tert-OH is 1. The molecule has 7 heteroatoms. The van der Waals surface area contributed by atoms with Gasteiger partial charge in [-0.05, 0) is 6.92 Å². The third-order valence-corrected chi connectivity index (χ3v) is 2.33. The van der Waals surface area contributed by atoms with Crippen LogP contribution in [0.4, 0.5) is 11.8 Å². The number of nitrogens with zero attached hydrogens (tertiary/aromatic N) is 4. The molecule has 0 saturated heterocycles. The van der Waals surface area contributed by atoms with E-state index in [1.807, 2.05) is 14.0 Å². The Labute approximate surface area is 98.9 Å². The number of hydrogen-bond acceptors (Lipinski definition) is 6. The van der Waals surface area contributed by atoms with E-state index in [4.69, 9.17) is 5.11 Å². The molecule has 0 radical (unpaired) electrons. The van der Waals surface area contributed by atoms with Crippen molar-refractivity contribution in [3.05, 3.63) is 6.20 Å². The van der Waals surface area contributed by atoms with Crippen molar-refractivity contribution in [3.8, 4) is 0 Å². The molecule has 2 rings (SSSR count). The average Bonchev–Trinajstić information content (AvgIpc) is 2.69.